The highest BCUT2D eigenvalue weighted by molar-refractivity contribution is 6.32. The molecule has 0 bridgehead atoms. The van der Waals surface area contributed by atoms with Crippen molar-refractivity contribution in [3.05, 3.63) is 74.5 Å². The van der Waals surface area contributed by atoms with Crippen molar-refractivity contribution in [2.75, 3.05) is 5.32 Å². The summed E-state index contributed by atoms with van der Waals surface area (Å²) in [6.45, 7) is 4.57. The van der Waals surface area contributed by atoms with Gasteiger partial charge in [-0.15, -0.1) is 0 Å². The van der Waals surface area contributed by atoms with E-state index in [-0.39, 0.29) is 5.56 Å². The Morgan fingerprint density at radius 3 is 2.57 bits per heavy atom. The van der Waals surface area contributed by atoms with Crippen molar-refractivity contribution in [1.82, 2.24) is 4.98 Å². The van der Waals surface area contributed by atoms with Crippen molar-refractivity contribution in [3.8, 4) is 0 Å². The summed E-state index contributed by atoms with van der Waals surface area (Å²) in [5.74, 6) is 0. The molecular weight excluding hydrogens is 308 g/mol. The monoisotopic (exact) mass is 326 g/mol. The third kappa shape index (κ3) is 3.40. The van der Waals surface area contributed by atoms with Gasteiger partial charge >= 0.3 is 0 Å². The van der Waals surface area contributed by atoms with Crippen molar-refractivity contribution in [1.29, 1.82) is 0 Å². The smallest absolute Gasteiger partial charge is 0.253 e. The van der Waals surface area contributed by atoms with Crippen LogP contribution >= 0.6 is 11.6 Å². The van der Waals surface area contributed by atoms with Gasteiger partial charge < -0.3 is 10.3 Å². The normalized spacial score (nSPS) is 10.9. The molecule has 0 aliphatic heterocycles. The van der Waals surface area contributed by atoms with Gasteiger partial charge in [-0.1, -0.05) is 30.7 Å². The number of pyridine rings is 1. The molecule has 1 heterocycles. The van der Waals surface area contributed by atoms with Crippen molar-refractivity contribution in [2.45, 2.75) is 26.8 Å². The molecule has 118 valence electrons. The van der Waals surface area contributed by atoms with Crippen LogP contribution in [0.1, 0.15) is 23.6 Å². The van der Waals surface area contributed by atoms with Crippen LogP contribution in [0.15, 0.2) is 47.3 Å². The molecular formula is C19H19ClN2O. The van der Waals surface area contributed by atoms with Crippen LogP contribution in [-0.2, 0) is 13.0 Å². The minimum absolute atomic E-state index is 0.0879. The zero-order valence-corrected chi connectivity index (χ0v) is 14.0. The van der Waals surface area contributed by atoms with Gasteiger partial charge in [0.05, 0.1) is 0 Å². The Morgan fingerprint density at radius 2 is 1.87 bits per heavy atom. The number of hydrogen-bond acceptors (Lipinski definition) is 2. The molecule has 0 fully saturated rings. The highest BCUT2D eigenvalue weighted by atomic mass is 35.5. The average Bonchev–Trinajstić information content (AvgIpc) is 2.55. The van der Waals surface area contributed by atoms with Crippen LogP contribution in [0.4, 0.5) is 5.69 Å². The number of fused-ring (bicyclic) bond motifs is 1. The summed E-state index contributed by atoms with van der Waals surface area (Å²) < 4.78 is 0. The second kappa shape index (κ2) is 6.47. The molecule has 2 aromatic carbocycles. The summed E-state index contributed by atoms with van der Waals surface area (Å²) in [6, 6.07) is 14.0. The SMILES string of the molecule is CCc1ccc(NCc2cc3cc(C)c(Cl)cc3[nH]c2=O)cc1. The zero-order chi connectivity index (χ0) is 16.4. The summed E-state index contributed by atoms with van der Waals surface area (Å²) >= 11 is 6.11. The van der Waals surface area contributed by atoms with Crippen LogP contribution in [0.3, 0.4) is 0 Å². The Balaban J connectivity index is 1.85. The Morgan fingerprint density at radius 1 is 1.13 bits per heavy atom. The lowest BCUT2D eigenvalue weighted by atomic mass is 10.1. The summed E-state index contributed by atoms with van der Waals surface area (Å²) in [5, 5.41) is 4.95. The third-order valence-electron chi connectivity index (χ3n) is 4.05. The lowest BCUT2D eigenvalue weighted by Crippen LogP contribution is -2.15. The first kappa shape index (κ1) is 15.6. The second-order valence-corrected chi connectivity index (χ2v) is 6.12. The number of rotatable bonds is 4. The summed E-state index contributed by atoms with van der Waals surface area (Å²) in [7, 11) is 0. The standard InChI is InChI=1S/C19H19ClN2O/c1-3-13-4-6-16(7-5-13)21-11-15-9-14-8-12(2)17(20)10-18(14)22-19(15)23/h4-10,21H,3,11H2,1-2H3,(H,22,23). The maximum absolute atomic E-state index is 12.2. The predicted molar refractivity (Wildman–Crippen MR) is 97.5 cm³/mol. The first-order valence-corrected chi connectivity index (χ1v) is 8.09. The van der Waals surface area contributed by atoms with Gasteiger partial charge in [0, 0.05) is 28.3 Å². The van der Waals surface area contributed by atoms with E-state index in [1.807, 2.05) is 31.2 Å². The molecule has 0 amide bonds. The fourth-order valence-corrected chi connectivity index (χ4v) is 2.74. The molecule has 3 rings (SSSR count). The van der Waals surface area contributed by atoms with Crippen molar-refractivity contribution >= 4 is 28.2 Å². The molecule has 0 saturated heterocycles. The van der Waals surface area contributed by atoms with Gasteiger partial charge in [0.2, 0.25) is 0 Å². The minimum atomic E-state index is -0.0879. The van der Waals surface area contributed by atoms with Crippen molar-refractivity contribution in [2.24, 2.45) is 0 Å². The molecule has 1 aromatic heterocycles. The highest BCUT2D eigenvalue weighted by Gasteiger charge is 2.05. The highest BCUT2D eigenvalue weighted by Crippen LogP contribution is 2.22. The van der Waals surface area contributed by atoms with E-state index in [0.717, 1.165) is 28.6 Å². The number of halogens is 1. The zero-order valence-electron chi connectivity index (χ0n) is 13.2. The molecule has 0 spiro atoms. The largest absolute Gasteiger partial charge is 0.381 e. The average molecular weight is 327 g/mol. The Labute approximate surface area is 140 Å². The van der Waals surface area contributed by atoms with E-state index >= 15 is 0 Å². The van der Waals surface area contributed by atoms with Crippen LogP contribution < -0.4 is 10.9 Å². The van der Waals surface area contributed by atoms with Gasteiger partial charge in [-0.25, -0.2) is 0 Å². The molecule has 23 heavy (non-hydrogen) atoms. The van der Waals surface area contributed by atoms with E-state index < -0.39 is 0 Å². The van der Waals surface area contributed by atoms with Gasteiger partial charge in [0.1, 0.15) is 0 Å². The van der Waals surface area contributed by atoms with E-state index in [4.69, 9.17) is 11.6 Å². The van der Waals surface area contributed by atoms with E-state index in [1.165, 1.54) is 5.56 Å². The van der Waals surface area contributed by atoms with E-state index in [2.05, 4.69) is 29.4 Å². The lowest BCUT2D eigenvalue weighted by molar-refractivity contribution is 1.08. The molecule has 0 atom stereocenters. The Hall–Kier alpha value is -2.26. The van der Waals surface area contributed by atoms with Crippen LogP contribution in [0.5, 0.6) is 0 Å². The summed E-state index contributed by atoms with van der Waals surface area (Å²) in [4.78, 5) is 15.1. The topological polar surface area (TPSA) is 44.9 Å². The Kier molecular flexibility index (Phi) is 4.39. The third-order valence-corrected chi connectivity index (χ3v) is 4.45. The van der Waals surface area contributed by atoms with Crippen LogP contribution in [0.25, 0.3) is 10.9 Å². The van der Waals surface area contributed by atoms with Gasteiger partial charge in [0.25, 0.3) is 5.56 Å². The maximum Gasteiger partial charge on any atom is 0.253 e. The van der Waals surface area contributed by atoms with E-state index in [9.17, 15) is 4.79 Å². The number of nitrogens with one attached hydrogen (secondary N) is 2. The molecule has 0 aliphatic carbocycles. The first-order valence-electron chi connectivity index (χ1n) is 7.71. The fourth-order valence-electron chi connectivity index (χ4n) is 2.57. The number of aryl methyl sites for hydroxylation is 2. The molecule has 2 N–H and O–H groups in total. The van der Waals surface area contributed by atoms with Crippen molar-refractivity contribution < 1.29 is 0 Å². The van der Waals surface area contributed by atoms with Crippen LogP contribution in [0.2, 0.25) is 5.02 Å². The molecule has 4 heteroatoms. The summed E-state index contributed by atoms with van der Waals surface area (Å²) in [6.07, 6.45) is 1.02. The molecule has 0 unspecified atom stereocenters. The maximum atomic E-state index is 12.2. The number of H-pyrrole nitrogens is 1. The fraction of sp³-hybridized carbons (Fsp3) is 0.211. The van der Waals surface area contributed by atoms with Crippen LogP contribution in [-0.4, -0.2) is 4.98 Å². The minimum Gasteiger partial charge on any atom is -0.381 e. The molecule has 0 radical (unpaired) electrons. The molecule has 3 aromatic rings. The van der Waals surface area contributed by atoms with Gasteiger partial charge in [-0.05, 0) is 60.2 Å². The van der Waals surface area contributed by atoms with Gasteiger partial charge in [-0.2, -0.15) is 0 Å². The molecule has 3 nitrogen and oxygen atoms in total. The van der Waals surface area contributed by atoms with Gasteiger partial charge in [0.15, 0.2) is 0 Å². The Bertz CT molecular complexity index is 898. The van der Waals surface area contributed by atoms with E-state index in [0.29, 0.717) is 17.1 Å². The second-order valence-electron chi connectivity index (χ2n) is 5.72. The number of anilines is 1. The van der Waals surface area contributed by atoms with Gasteiger partial charge in [-0.3, -0.25) is 4.79 Å². The number of aromatic nitrogens is 1. The predicted octanol–water partition coefficient (Wildman–Crippen LogP) is 4.66. The quantitative estimate of drug-likeness (QED) is 0.732. The molecule has 0 aliphatic rings. The number of aromatic amines is 1. The first-order chi connectivity index (χ1) is 11.1. The lowest BCUT2D eigenvalue weighted by Gasteiger charge is -2.09. The summed E-state index contributed by atoms with van der Waals surface area (Å²) in [5.41, 5.74) is 4.69. The molecule has 0 saturated carbocycles. The number of benzene rings is 2. The van der Waals surface area contributed by atoms with E-state index in [1.54, 1.807) is 6.07 Å². The van der Waals surface area contributed by atoms with Crippen molar-refractivity contribution in [3.63, 3.8) is 0 Å². The van der Waals surface area contributed by atoms with Crippen LogP contribution in [0, 0.1) is 6.92 Å². The number of hydrogen-bond donors (Lipinski definition) is 2.